The predicted octanol–water partition coefficient (Wildman–Crippen LogP) is 1.59. The lowest BCUT2D eigenvalue weighted by Gasteiger charge is -2.13. The molecular formula is C21H22N4O4. The average Bonchev–Trinajstić information content (AvgIpc) is 2.75. The van der Waals surface area contributed by atoms with Crippen molar-refractivity contribution in [2.45, 2.75) is 19.9 Å². The summed E-state index contributed by atoms with van der Waals surface area (Å²) in [4.78, 5) is 38.5. The van der Waals surface area contributed by atoms with E-state index in [1.54, 1.807) is 36.4 Å². The van der Waals surface area contributed by atoms with Crippen LogP contribution in [-0.2, 0) is 6.54 Å². The second-order valence-corrected chi connectivity index (χ2v) is 6.38. The number of amides is 1. The lowest BCUT2D eigenvalue weighted by Crippen LogP contribution is -2.46. The first-order valence-electron chi connectivity index (χ1n) is 9.26. The Bertz CT molecular complexity index is 1120. The van der Waals surface area contributed by atoms with Crippen LogP contribution < -0.4 is 21.3 Å². The van der Waals surface area contributed by atoms with E-state index in [1.165, 1.54) is 7.11 Å². The molecule has 0 fully saturated rings. The molecular weight excluding hydrogens is 372 g/mol. The van der Waals surface area contributed by atoms with Crippen LogP contribution in [0.15, 0.2) is 64.2 Å². The van der Waals surface area contributed by atoms with Crippen LogP contribution in [0.1, 0.15) is 29.4 Å². The van der Waals surface area contributed by atoms with Crippen LogP contribution in [0.2, 0.25) is 0 Å². The fourth-order valence-corrected chi connectivity index (χ4v) is 2.80. The Morgan fingerprint density at radius 3 is 2.55 bits per heavy atom. The molecule has 8 nitrogen and oxygen atoms in total. The molecule has 0 aliphatic carbocycles. The molecule has 3 rings (SSSR count). The normalized spacial score (nSPS) is 10.6. The standard InChI is InChI=1S/C21H22N4O4/c1-3-12-22-19(26)18-20(27)24(14-15-8-5-4-6-9-15)21(28)25(23-18)16-10-7-11-17(13-16)29-2/h4-11,13H,3,12,14H2,1-2H3,(H,22,26). The van der Waals surface area contributed by atoms with Gasteiger partial charge in [0.05, 0.1) is 19.3 Å². The van der Waals surface area contributed by atoms with Gasteiger partial charge in [0.15, 0.2) is 0 Å². The van der Waals surface area contributed by atoms with Crippen molar-refractivity contribution < 1.29 is 9.53 Å². The predicted molar refractivity (Wildman–Crippen MR) is 109 cm³/mol. The van der Waals surface area contributed by atoms with Gasteiger partial charge in [0.1, 0.15) is 5.75 Å². The first-order valence-corrected chi connectivity index (χ1v) is 9.26. The summed E-state index contributed by atoms with van der Waals surface area (Å²) in [5, 5.41) is 6.72. The molecule has 2 aromatic carbocycles. The minimum atomic E-state index is -0.730. The summed E-state index contributed by atoms with van der Waals surface area (Å²) in [6, 6.07) is 15.8. The highest BCUT2D eigenvalue weighted by Crippen LogP contribution is 2.14. The van der Waals surface area contributed by atoms with Crippen LogP contribution >= 0.6 is 0 Å². The molecule has 0 saturated heterocycles. The Morgan fingerprint density at radius 1 is 1.10 bits per heavy atom. The van der Waals surface area contributed by atoms with Crippen molar-refractivity contribution in [3.63, 3.8) is 0 Å². The number of carbonyl (C=O) groups excluding carboxylic acids is 1. The largest absolute Gasteiger partial charge is 0.497 e. The topological polar surface area (TPSA) is 95.2 Å². The molecule has 29 heavy (non-hydrogen) atoms. The van der Waals surface area contributed by atoms with Crippen LogP contribution in [0, 0.1) is 0 Å². The highest BCUT2D eigenvalue weighted by molar-refractivity contribution is 5.91. The smallest absolute Gasteiger partial charge is 0.352 e. The molecule has 0 bridgehead atoms. The molecule has 0 radical (unpaired) electrons. The van der Waals surface area contributed by atoms with Crippen LogP contribution in [0.4, 0.5) is 0 Å². The molecule has 1 aromatic heterocycles. The molecule has 1 heterocycles. The monoisotopic (exact) mass is 394 g/mol. The van der Waals surface area contributed by atoms with E-state index in [-0.39, 0.29) is 12.2 Å². The van der Waals surface area contributed by atoms with Crippen molar-refractivity contribution in [1.29, 1.82) is 0 Å². The number of carbonyl (C=O) groups is 1. The highest BCUT2D eigenvalue weighted by atomic mass is 16.5. The number of ether oxygens (including phenoxy) is 1. The van der Waals surface area contributed by atoms with Gasteiger partial charge in [0.25, 0.3) is 11.5 Å². The number of hydrogen-bond acceptors (Lipinski definition) is 5. The van der Waals surface area contributed by atoms with Gasteiger partial charge in [-0.15, -0.1) is 0 Å². The second kappa shape index (κ2) is 9.01. The first-order chi connectivity index (χ1) is 14.0. The van der Waals surface area contributed by atoms with Crippen LogP contribution in [-0.4, -0.2) is 33.9 Å². The van der Waals surface area contributed by atoms with Gasteiger partial charge in [-0.05, 0) is 24.1 Å². The first kappa shape index (κ1) is 20.1. The lowest BCUT2D eigenvalue weighted by atomic mass is 10.2. The van der Waals surface area contributed by atoms with E-state index < -0.39 is 17.2 Å². The highest BCUT2D eigenvalue weighted by Gasteiger charge is 2.20. The van der Waals surface area contributed by atoms with Crippen molar-refractivity contribution >= 4 is 5.91 Å². The average molecular weight is 394 g/mol. The number of nitrogens with one attached hydrogen (secondary N) is 1. The maximum atomic E-state index is 13.1. The number of benzene rings is 2. The van der Waals surface area contributed by atoms with Crippen molar-refractivity contribution in [2.75, 3.05) is 13.7 Å². The molecule has 0 aliphatic heterocycles. The molecule has 0 atom stereocenters. The van der Waals surface area contributed by atoms with Crippen LogP contribution in [0.3, 0.4) is 0 Å². The SMILES string of the molecule is CCCNC(=O)c1nn(-c2cccc(OC)c2)c(=O)n(Cc2ccccc2)c1=O. The van der Waals surface area contributed by atoms with E-state index >= 15 is 0 Å². The number of rotatable bonds is 7. The third kappa shape index (κ3) is 4.43. The van der Waals surface area contributed by atoms with Crippen molar-refractivity contribution in [3.8, 4) is 11.4 Å². The number of hydrogen-bond donors (Lipinski definition) is 1. The molecule has 0 spiro atoms. The molecule has 1 amide bonds. The summed E-state index contributed by atoms with van der Waals surface area (Å²) in [5.41, 5.74) is -0.557. The van der Waals surface area contributed by atoms with Crippen molar-refractivity contribution in [2.24, 2.45) is 0 Å². The summed E-state index contributed by atoms with van der Waals surface area (Å²) in [5.74, 6) is -0.0932. The van der Waals surface area contributed by atoms with E-state index in [2.05, 4.69) is 10.4 Å². The van der Waals surface area contributed by atoms with E-state index in [1.807, 2.05) is 25.1 Å². The second-order valence-electron chi connectivity index (χ2n) is 6.38. The lowest BCUT2D eigenvalue weighted by molar-refractivity contribution is 0.0944. The van der Waals surface area contributed by atoms with Crippen molar-refractivity contribution in [1.82, 2.24) is 19.7 Å². The fourth-order valence-electron chi connectivity index (χ4n) is 2.80. The summed E-state index contributed by atoms with van der Waals surface area (Å²) >= 11 is 0. The molecule has 0 aliphatic rings. The van der Waals surface area contributed by atoms with Gasteiger partial charge >= 0.3 is 5.69 Å². The fraction of sp³-hybridized carbons (Fsp3) is 0.238. The Labute approximate surface area is 167 Å². The minimum absolute atomic E-state index is 0.0268. The summed E-state index contributed by atoms with van der Waals surface area (Å²) in [7, 11) is 1.51. The summed E-state index contributed by atoms with van der Waals surface area (Å²) < 4.78 is 7.27. The summed E-state index contributed by atoms with van der Waals surface area (Å²) in [6.07, 6.45) is 0.708. The number of aromatic nitrogens is 3. The van der Waals surface area contributed by atoms with Gasteiger partial charge in [-0.2, -0.15) is 9.78 Å². The molecule has 0 unspecified atom stereocenters. The van der Waals surface area contributed by atoms with E-state index in [9.17, 15) is 14.4 Å². The van der Waals surface area contributed by atoms with Gasteiger partial charge in [0.2, 0.25) is 5.69 Å². The Balaban J connectivity index is 2.19. The molecule has 1 N–H and O–H groups in total. The maximum absolute atomic E-state index is 13.1. The van der Waals surface area contributed by atoms with E-state index in [0.717, 1.165) is 14.8 Å². The van der Waals surface area contributed by atoms with E-state index in [0.29, 0.717) is 24.4 Å². The number of nitrogens with zero attached hydrogens (tertiary/aromatic N) is 3. The number of methoxy groups -OCH3 is 1. The van der Waals surface area contributed by atoms with Crippen molar-refractivity contribution in [3.05, 3.63) is 86.7 Å². The third-order valence-electron chi connectivity index (χ3n) is 4.29. The van der Waals surface area contributed by atoms with Gasteiger partial charge in [-0.3, -0.25) is 14.2 Å². The Morgan fingerprint density at radius 2 is 1.86 bits per heavy atom. The van der Waals surface area contributed by atoms with Crippen LogP contribution in [0.5, 0.6) is 5.75 Å². The Kier molecular flexibility index (Phi) is 6.23. The van der Waals surface area contributed by atoms with Gasteiger partial charge in [-0.1, -0.05) is 43.3 Å². The zero-order valence-corrected chi connectivity index (χ0v) is 16.3. The maximum Gasteiger partial charge on any atom is 0.352 e. The molecule has 150 valence electrons. The molecule has 0 saturated carbocycles. The summed E-state index contributed by atoms with van der Waals surface area (Å²) in [6.45, 7) is 2.33. The zero-order valence-electron chi connectivity index (χ0n) is 16.3. The quantitative estimate of drug-likeness (QED) is 0.657. The van der Waals surface area contributed by atoms with E-state index in [4.69, 9.17) is 4.74 Å². The third-order valence-corrected chi connectivity index (χ3v) is 4.29. The molecule has 8 heteroatoms. The van der Waals surface area contributed by atoms with Gasteiger partial charge < -0.3 is 10.1 Å². The van der Waals surface area contributed by atoms with Gasteiger partial charge in [-0.25, -0.2) is 4.79 Å². The van der Waals surface area contributed by atoms with Gasteiger partial charge in [0, 0.05) is 12.6 Å². The molecule has 3 aromatic rings. The Hall–Kier alpha value is -3.68. The zero-order chi connectivity index (χ0) is 20.8. The minimum Gasteiger partial charge on any atom is -0.497 e. The van der Waals surface area contributed by atoms with Crippen LogP contribution in [0.25, 0.3) is 5.69 Å².